The molecule has 1 fully saturated rings. The average Bonchev–Trinajstić information content (AvgIpc) is 2.54. The highest BCUT2D eigenvalue weighted by molar-refractivity contribution is 5.78. The first kappa shape index (κ1) is 15.5. The number of nitrogens with zero attached hydrogens (tertiary/aromatic N) is 2. The standard InChI is InChI=1S/C15H21N3O3/c16-10-14(19)18-8-6-17(7-9-18)11-15(20)21-12-13-4-2-1-3-5-13/h1-5H,6-12,16H2. The molecule has 0 bridgehead atoms. The molecule has 0 aromatic heterocycles. The topological polar surface area (TPSA) is 75.9 Å². The van der Waals surface area contributed by atoms with Crippen molar-refractivity contribution in [2.75, 3.05) is 39.3 Å². The summed E-state index contributed by atoms with van der Waals surface area (Å²) < 4.78 is 5.25. The Labute approximate surface area is 124 Å². The van der Waals surface area contributed by atoms with Crippen LogP contribution >= 0.6 is 0 Å². The summed E-state index contributed by atoms with van der Waals surface area (Å²) in [6, 6.07) is 9.59. The SMILES string of the molecule is NCC(=O)N1CCN(CC(=O)OCc2ccccc2)CC1. The Hall–Kier alpha value is -1.92. The number of benzene rings is 1. The van der Waals surface area contributed by atoms with E-state index in [1.807, 2.05) is 35.2 Å². The average molecular weight is 291 g/mol. The van der Waals surface area contributed by atoms with Crippen molar-refractivity contribution in [2.45, 2.75) is 6.61 Å². The molecule has 0 radical (unpaired) electrons. The summed E-state index contributed by atoms with van der Waals surface area (Å²) in [7, 11) is 0. The Morgan fingerprint density at radius 3 is 2.38 bits per heavy atom. The zero-order valence-corrected chi connectivity index (χ0v) is 12.0. The second-order valence-electron chi connectivity index (χ2n) is 5.01. The van der Waals surface area contributed by atoms with Gasteiger partial charge in [0.15, 0.2) is 0 Å². The molecule has 6 nitrogen and oxygen atoms in total. The van der Waals surface area contributed by atoms with Crippen LogP contribution in [0.25, 0.3) is 0 Å². The molecule has 2 rings (SSSR count). The van der Waals surface area contributed by atoms with Crippen molar-refractivity contribution >= 4 is 11.9 Å². The van der Waals surface area contributed by atoms with E-state index >= 15 is 0 Å². The van der Waals surface area contributed by atoms with E-state index in [1.165, 1.54) is 0 Å². The molecule has 2 N–H and O–H groups in total. The number of esters is 1. The van der Waals surface area contributed by atoms with Gasteiger partial charge in [-0.3, -0.25) is 14.5 Å². The Balaban J connectivity index is 1.68. The Bertz CT molecular complexity index is 470. The second-order valence-corrected chi connectivity index (χ2v) is 5.01. The summed E-state index contributed by atoms with van der Waals surface area (Å²) >= 11 is 0. The van der Waals surface area contributed by atoms with Crippen LogP contribution in [0.1, 0.15) is 5.56 Å². The Morgan fingerprint density at radius 1 is 1.10 bits per heavy atom. The molecule has 0 saturated carbocycles. The number of carbonyl (C=O) groups excluding carboxylic acids is 2. The fourth-order valence-electron chi connectivity index (χ4n) is 2.25. The third-order valence-corrected chi connectivity index (χ3v) is 3.49. The summed E-state index contributed by atoms with van der Waals surface area (Å²) in [6.07, 6.45) is 0. The predicted octanol–water partition coefficient (Wildman–Crippen LogP) is -0.167. The first-order valence-corrected chi connectivity index (χ1v) is 7.09. The van der Waals surface area contributed by atoms with E-state index in [9.17, 15) is 9.59 Å². The molecule has 1 amide bonds. The second kappa shape index (κ2) is 7.75. The molecule has 1 heterocycles. The van der Waals surface area contributed by atoms with E-state index in [0.29, 0.717) is 32.8 Å². The van der Waals surface area contributed by atoms with Gasteiger partial charge in [0, 0.05) is 26.2 Å². The zero-order chi connectivity index (χ0) is 15.1. The van der Waals surface area contributed by atoms with Gasteiger partial charge >= 0.3 is 5.97 Å². The number of ether oxygens (including phenoxy) is 1. The van der Waals surface area contributed by atoms with E-state index in [4.69, 9.17) is 10.5 Å². The lowest BCUT2D eigenvalue weighted by Gasteiger charge is -2.33. The van der Waals surface area contributed by atoms with Crippen LogP contribution in [0.3, 0.4) is 0 Å². The van der Waals surface area contributed by atoms with Crippen molar-refractivity contribution in [2.24, 2.45) is 5.73 Å². The van der Waals surface area contributed by atoms with Crippen LogP contribution < -0.4 is 5.73 Å². The molecule has 1 saturated heterocycles. The number of hydrogen-bond acceptors (Lipinski definition) is 5. The first-order chi connectivity index (χ1) is 10.2. The largest absolute Gasteiger partial charge is 0.460 e. The van der Waals surface area contributed by atoms with Gasteiger partial charge in [-0.15, -0.1) is 0 Å². The van der Waals surface area contributed by atoms with E-state index < -0.39 is 0 Å². The van der Waals surface area contributed by atoms with Gasteiger partial charge in [0.25, 0.3) is 0 Å². The lowest BCUT2D eigenvalue weighted by molar-refractivity contribution is -0.146. The number of amides is 1. The maximum absolute atomic E-state index is 11.8. The lowest BCUT2D eigenvalue weighted by Crippen LogP contribution is -2.51. The molecule has 0 atom stereocenters. The van der Waals surface area contributed by atoms with Gasteiger partial charge in [0.2, 0.25) is 5.91 Å². The number of nitrogens with two attached hydrogens (primary N) is 1. The minimum atomic E-state index is -0.238. The monoisotopic (exact) mass is 291 g/mol. The summed E-state index contributed by atoms with van der Waals surface area (Å²) in [5.74, 6) is -0.279. The summed E-state index contributed by atoms with van der Waals surface area (Å²) in [4.78, 5) is 27.0. The maximum atomic E-state index is 11.8. The molecule has 0 unspecified atom stereocenters. The number of hydrogen-bond donors (Lipinski definition) is 1. The van der Waals surface area contributed by atoms with Gasteiger partial charge in [-0.25, -0.2) is 0 Å². The molecule has 0 spiro atoms. The molecule has 1 aliphatic rings. The number of piperazine rings is 1. The van der Waals surface area contributed by atoms with Crippen LogP contribution in [0.4, 0.5) is 0 Å². The van der Waals surface area contributed by atoms with E-state index in [-0.39, 0.29) is 25.0 Å². The fourth-order valence-corrected chi connectivity index (χ4v) is 2.25. The van der Waals surface area contributed by atoms with Crippen LogP contribution in [-0.2, 0) is 20.9 Å². The van der Waals surface area contributed by atoms with Crippen LogP contribution in [0, 0.1) is 0 Å². The summed E-state index contributed by atoms with van der Waals surface area (Å²) in [5, 5.41) is 0. The highest BCUT2D eigenvalue weighted by Gasteiger charge is 2.21. The van der Waals surface area contributed by atoms with Crippen LogP contribution in [0.2, 0.25) is 0 Å². The minimum Gasteiger partial charge on any atom is -0.460 e. The van der Waals surface area contributed by atoms with E-state index in [2.05, 4.69) is 0 Å². The van der Waals surface area contributed by atoms with Crippen LogP contribution in [0.15, 0.2) is 30.3 Å². The normalized spacial score (nSPS) is 15.8. The van der Waals surface area contributed by atoms with Crippen molar-refractivity contribution in [1.82, 2.24) is 9.80 Å². The highest BCUT2D eigenvalue weighted by Crippen LogP contribution is 2.04. The third kappa shape index (κ3) is 4.84. The van der Waals surface area contributed by atoms with Crippen molar-refractivity contribution in [1.29, 1.82) is 0 Å². The highest BCUT2D eigenvalue weighted by atomic mass is 16.5. The van der Waals surface area contributed by atoms with E-state index in [0.717, 1.165) is 5.56 Å². The van der Waals surface area contributed by atoms with Crippen molar-refractivity contribution in [3.8, 4) is 0 Å². The fraction of sp³-hybridized carbons (Fsp3) is 0.467. The predicted molar refractivity (Wildman–Crippen MR) is 78.3 cm³/mol. The lowest BCUT2D eigenvalue weighted by atomic mass is 10.2. The van der Waals surface area contributed by atoms with Crippen molar-refractivity contribution < 1.29 is 14.3 Å². The molecular formula is C15H21N3O3. The molecule has 114 valence electrons. The molecule has 1 aromatic carbocycles. The first-order valence-electron chi connectivity index (χ1n) is 7.09. The van der Waals surface area contributed by atoms with E-state index in [1.54, 1.807) is 4.90 Å². The molecule has 6 heteroatoms. The summed E-state index contributed by atoms with van der Waals surface area (Å²) in [5.41, 5.74) is 6.31. The van der Waals surface area contributed by atoms with Gasteiger partial charge in [0.1, 0.15) is 6.61 Å². The molecule has 1 aliphatic heterocycles. The van der Waals surface area contributed by atoms with Crippen LogP contribution in [-0.4, -0.2) is 60.9 Å². The van der Waals surface area contributed by atoms with Crippen molar-refractivity contribution in [3.63, 3.8) is 0 Å². The van der Waals surface area contributed by atoms with Gasteiger partial charge < -0.3 is 15.4 Å². The Kier molecular flexibility index (Phi) is 5.71. The zero-order valence-electron chi connectivity index (χ0n) is 12.0. The molecule has 1 aromatic rings. The molecule has 0 aliphatic carbocycles. The maximum Gasteiger partial charge on any atom is 0.320 e. The van der Waals surface area contributed by atoms with Gasteiger partial charge in [-0.2, -0.15) is 0 Å². The van der Waals surface area contributed by atoms with Gasteiger partial charge in [-0.05, 0) is 5.56 Å². The molecular weight excluding hydrogens is 270 g/mol. The number of carbonyl (C=O) groups is 2. The van der Waals surface area contributed by atoms with Crippen molar-refractivity contribution in [3.05, 3.63) is 35.9 Å². The third-order valence-electron chi connectivity index (χ3n) is 3.49. The minimum absolute atomic E-state index is 0.0405. The van der Waals surface area contributed by atoms with Gasteiger partial charge in [0.05, 0.1) is 13.1 Å². The quantitative estimate of drug-likeness (QED) is 0.763. The molecule has 21 heavy (non-hydrogen) atoms. The Morgan fingerprint density at radius 2 is 1.76 bits per heavy atom. The van der Waals surface area contributed by atoms with Gasteiger partial charge in [-0.1, -0.05) is 30.3 Å². The van der Waals surface area contributed by atoms with Crippen LogP contribution in [0.5, 0.6) is 0 Å². The number of rotatable bonds is 5. The summed E-state index contributed by atoms with van der Waals surface area (Å²) in [6.45, 7) is 3.17. The smallest absolute Gasteiger partial charge is 0.320 e.